The Morgan fingerprint density at radius 2 is 2.24 bits per heavy atom. The van der Waals surface area contributed by atoms with E-state index < -0.39 is 0 Å². The molecule has 0 aromatic heterocycles. The highest BCUT2D eigenvalue weighted by Gasteiger charge is 2.31. The number of halogens is 2. The van der Waals surface area contributed by atoms with E-state index in [0.717, 1.165) is 15.6 Å². The van der Waals surface area contributed by atoms with Crippen LogP contribution in [-0.4, -0.2) is 18.0 Å². The molecule has 0 spiro atoms. The van der Waals surface area contributed by atoms with Gasteiger partial charge in [-0.05, 0) is 40.4 Å². The monoisotopic (exact) mass is 321 g/mol. The van der Waals surface area contributed by atoms with E-state index >= 15 is 0 Å². The van der Waals surface area contributed by atoms with Crippen LogP contribution in [0.25, 0.3) is 0 Å². The fourth-order valence-corrected chi connectivity index (χ4v) is 2.86. The van der Waals surface area contributed by atoms with Crippen molar-refractivity contribution in [3.63, 3.8) is 0 Å². The molecule has 3 N–H and O–H groups in total. The van der Waals surface area contributed by atoms with Gasteiger partial charge in [0.2, 0.25) is 0 Å². The molecule has 0 aliphatic heterocycles. The molecule has 0 saturated carbocycles. The summed E-state index contributed by atoms with van der Waals surface area (Å²) in [6.07, 6.45) is 1.28. The molecule has 5 nitrogen and oxygen atoms in total. The highest BCUT2D eigenvalue weighted by Crippen LogP contribution is 2.41. The molecule has 1 aromatic carbocycles. The molecule has 2 rings (SSSR count). The van der Waals surface area contributed by atoms with Gasteiger partial charge in [-0.25, -0.2) is 0 Å². The first-order valence-electron chi connectivity index (χ1n) is 4.96. The molecule has 0 saturated heterocycles. The van der Waals surface area contributed by atoms with Crippen LogP contribution in [0.15, 0.2) is 10.5 Å². The van der Waals surface area contributed by atoms with E-state index in [-0.39, 0.29) is 29.1 Å². The van der Waals surface area contributed by atoms with Gasteiger partial charge in [-0.3, -0.25) is 10.1 Å². The molecule has 0 amide bonds. The van der Waals surface area contributed by atoms with Crippen LogP contribution in [-0.2, 0) is 12.8 Å². The molecular formula is C10H13BrClN3O2. The summed E-state index contributed by atoms with van der Waals surface area (Å²) in [5.74, 6) is 0. The number of nitrogens with one attached hydrogen (secondary N) is 1. The number of rotatable bonds is 2. The SMILES string of the molecule is CNc1c(Br)cc2c(c1[N+](=O)[O-])CC(N)C2.Cl. The summed E-state index contributed by atoms with van der Waals surface area (Å²) in [4.78, 5) is 10.8. The summed E-state index contributed by atoms with van der Waals surface area (Å²) in [5, 5.41) is 14.0. The largest absolute Gasteiger partial charge is 0.382 e. The van der Waals surface area contributed by atoms with Crippen molar-refractivity contribution < 1.29 is 4.92 Å². The van der Waals surface area contributed by atoms with Crippen molar-refractivity contribution in [2.45, 2.75) is 18.9 Å². The standard InChI is InChI=1S/C10H12BrN3O2.ClH/c1-13-9-8(11)3-5-2-6(12)4-7(5)10(9)14(15)16;/h3,6,13H,2,4,12H2,1H3;1H. The molecule has 0 fully saturated rings. The van der Waals surface area contributed by atoms with E-state index in [1.54, 1.807) is 7.05 Å². The lowest BCUT2D eigenvalue weighted by Crippen LogP contribution is -2.19. The molecule has 1 aromatic rings. The molecule has 0 radical (unpaired) electrons. The van der Waals surface area contributed by atoms with Gasteiger partial charge in [-0.2, -0.15) is 0 Å². The van der Waals surface area contributed by atoms with Crippen molar-refractivity contribution >= 4 is 39.7 Å². The van der Waals surface area contributed by atoms with Crippen LogP contribution in [0.1, 0.15) is 11.1 Å². The zero-order chi connectivity index (χ0) is 11.9. The maximum atomic E-state index is 11.1. The van der Waals surface area contributed by atoms with Gasteiger partial charge >= 0.3 is 0 Å². The zero-order valence-corrected chi connectivity index (χ0v) is 11.6. The number of hydrogen-bond acceptors (Lipinski definition) is 4. The van der Waals surface area contributed by atoms with Gasteiger partial charge in [0.1, 0.15) is 5.69 Å². The van der Waals surface area contributed by atoms with Crippen LogP contribution in [0.2, 0.25) is 0 Å². The lowest BCUT2D eigenvalue weighted by Gasteiger charge is -2.09. The van der Waals surface area contributed by atoms with E-state index in [2.05, 4.69) is 21.2 Å². The molecule has 0 heterocycles. The molecule has 1 aliphatic rings. The minimum atomic E-state index is -0.340. The molecule has 1 atom stereocenters. The van der Waals surface area contributed by atoms with Gasteiger partial charge in [0.15, 0.2) is 0 Å². The second-order valence-corrected chi connectivity index (χ2v) is 4.75. The third-order valence-corrected chi connectivity index (χ3v) is 3.46. The Morgan fingerprint density at radius 3 is 2.76 bits per heavy atom. The smallest absolute Gasteiger partial charge is 0.296 e. The summed E-state index contributed by atoms with van der Waals surface area (Å²) < 4.78 is 0.717. The van der Waals surface area contributed by atoms with Crippen molar-refractivity contribution in [2.24, 2.45) is 5.73 Å². The highest BCUT2D eigenvalue weighted by molar-refractivity contribution is 9.10. The Hall–Kier alpha value is -0.850. The number of anilines is 1. The van der Waals surface area contributed by atoms with E-state index in [0.29, 0.717) is 18.5 Å². The average molecular weight is 323 g/mol. The van der Waals surface area contributed by atoms with Crippen molar-refractivity contribution in [1.29, 1.82) is 0 Å². The summed E-state index contributed by atoms with van der Waals surface area (Å²) >= 11 is 3.34. The number of nitrogens with zero attached hydrogens (tertiary/aromatic N) is 1. The van der Waals surface area contributed by atoms with Crippen molar-refractivity contribution in [3.05, 3.63) is 31.8 Å². The molecule has 7 heteroatoms. The van der Waals surface area contributed by atoms with E-state index in [9.17, 15) is 10.1 Å². The van der Waals surface area contributed by atoms with Crippen molar-refractivity contribution in [1.82, 2.24) is 0 Å². The Kier molecular flexibility index (Phi) is 4.35. The van der Waals surface area contributed by atoms with Gasteiger partial charge < -0.3 is 11.1 Å². The second-order valence-electron chi connectivity index (χ2n) is 3.90. The van der Waals surface area contributed by atoms with Gasteiger partial charge in [-0.1, -0.05) is 0 Å². The topological polar surface area (TPSA) is 81.2 Å². The number of hydrogen-bond donors (Lipinski definition) is 2. The predicted molar refractivity (Wildman–Crippen MR) is 73.0 cm³/mol. The minimum Gasteiger partial charge on any atom is -0.382 e. The summed E-state index contributed by atoms with van der Waals surface area (Å²) in [6, 6.07) is 1.91. The Labute approximate surface area is 113 Å². The number of nitrogens with two attached hydrogens (primary N) is 1. The maximum absolute atomic E-state index is 11.1. The Balaban J connectivity index is 0.00000144. The Bertz CT molecular complexity index is 467. The molecule has 1 aliphatic carbocycles. The second kappa shape index (κ2) is 5.20. The Morgan fingerprint density at radius 1 is 1.59 bits per heavy atom. The van der Waals surface area contributed by atoms with Crippen molar-refractivity contribution in [3.8, 4) is 0 Å². The number of benzene rings is 1. The number of nitro benzene ring substituents is 1. The first-order valence-corrected chi connectivity index (χ1v) is 5.76. The highest BCUT2D eigenvalue weighted by atomic mass is 79.9. The average Bonchev–Trinajstić information content (AvgIpc) is 2.55. The van der Waals surface area contributed by atoms with Crippen molar-refractivity contribution in [2.75, 3.05) is 12.4 Å². The van der Waals surface area contributed by atoms with Gasteiger partial charge in [-0.15, -0.1) is 12.4 Å². The quantitative estimate of drug-likeness (QED) is 0.646. The molecule has 1 unspecified atom stereocenters. The number of nitro groups is 1. The van der Waals surface area contributed by atoms with E-state index in [1.165, 1.54) is 0 Å². The minimum absolute atomic E-state index is 0. The van der Waals surface area contributed by atoms with Crippen LogP contribution in [0, 0.1) is 10.1 Å². The molecule has 0 bridgehead atoms. The lowest BCUT2D eigenvalue weighted by molar-refractivity contribution is -0.384. The maximum Gasteiger partial charge on any atom is 0.296 e. The lowest BCUT2D eigenvalue weighted by atomic mass is 10.1. The molecular weight excluding hydrogens is 309 g/mol. The normalized spacial score (nSPS) is 17.2. The first kappa shape index (κ1) is 14.2. The van der Waals surface area contributed by atoms with Gasteiger partial charge in [0, 0.05) is 23.1 Å². The molecule has 94 valence electrons. The van der Waals surface area contributed by atoms with Crippen LogP contribution in [0.3, 0.4) is 0 Å². The van der Waals surface area contributed by atoms with Crippen LogP contribution in [0.4, 0.5) is 11.4 Å². The zero-order valence-electron chi connectivity index (χ0n) is 9.20. The van der Waals surface area contributed by atoms with Crippen LogP contribution < -0.4 is 11.1 Å². The van der Waals surface area contributed by atoms with Crippen LogP contribution >= 0.6 is 28.3 Å². The fraction of sp³-hybridized carbons (Fsp3) is 0.400. The van der Waals surface area contributed by atoms with E-state index in [1.807, 2.05) is 6.07 Å². The van der Waals surface area contributed by atoms with Gasteiger partial charge in [0.05, 0.1) is 4.92 Å². The first-order chi connectivity index (χ1) is 7.54. The third kappa shape index (κ3) is 2.38. The summed E-state index contributed by atoms with van der Waals surface area (Å²) in [6.45, 7) is 0. The fourth-order valence-electron chi connectivity index (χ4n) is 2.19. The summed E-state index contributed by atoms with van der Waals surface area (Å²) in [5.41, 5.74) is 8.26. The number of fused-ring (bicyclic) bond motifs is 1. The predicted octanol–water partition coefficient (Wildman–Crippen LogP) is 2.25. The third-order valence-electron chi connectivity index (χ3n) is 2.83. The molecule has 17 heavy (non-hydrogen) atoms. The summed E-state index contributed by atoms with van der Waals surface area (Å²) in [7, 11) is 1.67. The van der Waals surface area contributed by atoms with Crippen LogP contribution in [0.5, 0.6) is 0 Å². The van der Waals surface area contributed by atoms with Gasteiger partial charge in [0.25, 0.3) is 5.69 Å². The van der Waals surface area contributed by atoms with E-state index in [4.69, 9.17) is 5.73 Å².